The predicted molar refractivity (Wildman–Crippen MR) is 78.6 cm³/mol. The molecule has 1 aliphatic rings. The highest BCUT2D eigenvalue weighted by molar-refractivity contribution is 5.29. The van der Waals surface area contributed by atoms with Crippen molar-refractivity contribution in [2.45, 2.75) is 6.54 Å². The Kier molecular flexibility index (Phi) is 5.76. The topological polar surface area (TPSA) is 27.7 Å². The average Bonchev–Trinajstić information content (AvgIpc) is 2.46. The monoisotopic (exact) mass is 281 g/mol. The summed E-state index contributed by atoms with van der Waals surface area (Å²) in [5, 5.41) is 3.35. The number of nitrogens with zero attached hydrogens (tertiary/aromatic N) is 2. The third-order valence-corrected chi connectivity index (χ3v) is 3.68. The van der Waals surface area contributed by atoms with E-state index >= 15 is 0 Å². The maximum atomic E-state index is 13.6. The van der Waals surface area contributed by atoms with Crippen molar-refractivity contribution in [2.75, 3.05) is 53.4 Å². The minimum atomic E-state index is -0.291. The molecule has 0 saturated carbocycles. The van der Waals surface area contributed by atoms with Crippen molar-refractivity contribution < 1.29 is 9.13 Å². The molecule has 1 N–H and O–H groups in total. The van der Waals surface area contributed by atoms with Gasteiger partial charge in [-0.25, -0.2) is 4.39 Å². The lowest BCUT2D eigenvalue weighted by Gasteiger charge is -2.29. The van der Waals surface area contributed by atoms with Crippen LogP contribution in [0.3, 0.4) is 0 Å². The van der Waals surface area contributed by atoms with Gasteiger partial charge in [0.15, 0.2) is 11.6 Å². The highest BCUT2D eigenvalue weighted by Crippen LogP contribution is 2.18. The van der Waals surface area contributed by atoms with E-state index in [1.807, 2.05) is 6.07 Å². The Labute approximate surface area is 120 Å². The van der Waals surface area contributed by atoms with E-state index in [0.29, 0.717) is 5.75 Å². The van der Waals surface area contributed by atoms with Crippen LogP contribution in [0.1, 0.15) is 5.56 Å². The van der Waals surface area contributed by atoms with Crippen molar-refractivity contribution >= 4 is 0 Å². The molecule has 0 radical (unpaired) electrons. The van der Waals surface area contributed by atoms with Crippen molar-refractivity contribution in [3.63, 3.8) is 0 Å². The van der Waals surface area contributed by atoms with E-state index in [9.17, 15) is 4.39 Å². The van der Waals surface area contributed by atoms with E-state index < -0.39 is 0 Å². The molecule has 1 aliphatic heterocycles. The molecule has 20 heavy (non-hydrogen) atoms. The van der Waals surface area contributed by atoms with E-state index in [4.69, 9.17) is 4.74 Å². The first kappa shape index (κ1) is 15.2. The number of benzene rings is 1. The summed E-state index contributed by atoms with van der Waals surface area (Å²) < 4.78 is 18.5. The smallest absolute Gasteiger partial charge is 0.165 e. The van der Waals surface area contributed by atoms with Crippen molar-refractivity contribution in [1.82, 2.24) is 15.1 Å². The van der Waals surface area contributed by atoms with Gasteiger partial charge in [0.2, 0.25) is 0 Å². The van der Waals surface area contributed by atoms with E-state index in [0.717, 1.165) is 51.4 Å². The molecule has 4 nitrogen and oxygen atoms in total. The highest BCUT2D eigenvalue weighted by Gasteiger charge is 2.11. The fraction of sp³-hybridized carbons (Fsp3) is 0.600. The van der Waals surface area contributed by atoms with Crippen LogP contribution in [0.4, 0.5) is 4.39 Å². The van der Waals surface area contributed by atoms with Crippen LogP contribution in [0.15, 0.2) is 18.2 Å². The Morgan fingerprint density at radius 1 is 1.35 bits per heavy atom. The SMILES string of the molecule is COc1ccc(CN(C)CCN2CCNCC2)cc1F. The number of piperazine rings is 1. The summed E-state index contributed by atoms with van der Waals surface area (Å²) in [6.07, 6.45) is 0. The van der Waals surface area contributed by atoms with Gasteiger partial charge >= 0.3 is 0 Å². The Hall–Kier alpha value is -1.17. The molecular weight excluding hydrogens is 257 g/mol. The molecule has 2 rings (SSSR count). The van der Waals surface area contributed by atoms with Crippen LogP contribution in [0.25, 0.3) is 0 Å². The second-order valence-corrected chi connectivity index (χ2v) is 5.30. The molecule has 1 fully saturated rings. The van der Waals surface area contributed by atoms with Gasteiger partial charge < -0.3 is 15.0 Å². The van der Waals surface area contributed by atoms with Crippen LogP contribution >= 0.6 is 0 Å². The molecule has 1 saturated heterocycles. The van der Waals surface area contributed by atoms with Gasteiger partial charge in [-0.05, 0) is 24.7 Å². The average molecular weight is 281 g/mol. The van der Waals surface area contributed by atoms with Gasteiger partial charge in [-0.3, -0.25) is 4.90 Å². The molecule has 112 valence electrons. The van der Waals surface area contributed by atoms with Gasteiger partial charge in [-0.2, -0.15) is 0 Å². The molecule has 1 heterocycles. The van der Waals surface area contributed by atoms with Gasteiger partial charge in [0.25, 0.3) is 0 Å². The molecule has 0 bridgehead atoms. The van der Waals surface area contributed by atoms with Gasteiger partial charge in [0.1, 0.15) is 0 Å². The van der Waals surface area contributed by atoms with Crippen LogP contribution in [-0.2, 0) is 6.54 Å². The predicted octanol–water partition coefficient (Wildman–Crippen LogP) is 1.17. The number of likely N-dealkylation sites (N-methyl/N-ethyl adjacent to an activating group) is 1. The molecule has 0 aliphatic carbocycles. The minimum absolute atomic E-state index is 0.291. The van der Waals surface area contributed by atoms with Crippen LogP contribution in [0, 0.1) is 5.82 Å². The summed E-state index contributed by atoms with van der Waals surface area (Å²) >= 11 is 0. The minimum Gasteiger partial charge on any atom is -0.494 e. The second kappa shape index (κ2) is 7.57. The van der Waals surface area contributed by atoms with Gasteiger partial charge in [-0.15, -0.1) is 0 Å². The van der Waals surface area contributed by atoms with Gasteiger partial charge in [0, 0.05) is 45.8 Å². The Morgan fingerprint density at radius 3 is 2.75 bits per heavy atom. The zero-order valence-corrected chi connectivity index (χ0v) is 12.4. The standard InChI is InChI=1S/C15H24FN3O/c1-18(9-10-19-7-5-17-6-8-19)12-13-3-4-15(20-2)14(16)11-13/h3-4,11,17H,5-10,12H2,1-2H3. The van der Waals surface area contributed by atoms with E-state index in [2.05, 4.69) is 22.2 Å². The number of hydrogen-bond donors (Lipinski definition) is 1. The van der Waals surface area contributed by atoms with Crippen molar-refractivity contribution in [1.29, 1.82) is 0 Å². The quantitative estimate of drug-likeness (QED) is 0.847. The second-order valence-electron chi connectivity index (χ2n) is 5.30. The van der Waals surface area contributed by atoms with E-state index in [1.54, 1.807) is 12.1 Å². The molecule has 0 spiro atoms. The zero-order chi connectivity index (χ0) is 14.4. The lowest BCUT2D eigenvalue weighted by molar-refractivity contribution is 0.202. The number of methoxy groups -OCH3 is 1. The normalized spacial score (nSPS) is 16.6. The number of halogens is 1. The van der Waals surface area contributed by atoms with Crippen LogP contribution < -0.4 is 10.1 Å². The van der Waals surface area contributed by atoms with Crippen molar-refractivity contribution in [3.05, 3.63) is 29.6 Å². The summed E-state index contributed by atoms with van der Waals surface area (Å²) in [6, 6.07) is 5.16. The van der Waals surface area contributed by atoms with E-state index in [-0.39, 0.29) is 5.82 Å². The Morgan fingerprint density at radius 2 is 2.10 bits per heavy atom. The molecule has 0 atom stereocenters. The van der Waals surface area contributed by atoms with Crippen LogP contribution in [0.5, 0.6) is 5.75 Å². The number of ether oxygens (including phenoxy) is 1. The lowest BCUT2D eigenvalue weighted by atomic mass is 10.2. The lowest BCUT2D eigenvalue weighted by Crippen LogP contribution is -2.45. The Balaban J connectivity index is 1.78. The zero-order valence-electron chi connectivity index (χ0n) is 12.4. The maximum Gasteiger partial charge on any atom is 0.165 e. The molecule has 0 aromatic heterocycles. The molecule has 0 unspecified atom stereocenters. The molecule has 5 heteroatoms. The maximum absolute atomic E-state index is 13.6. The summed E-state index contributed by atoms with van der Waals surface area (Å²) in [4.78, 5) is 4.69. The summed E-state index contributed by atoms with van der Waals surface area (Å²) in [5.74, 6) is 0.0118. The number of rotatable bonds is 6. The van der Waals surface area contributed by atoms with Crippen LogP contribution in [0.2, 0.25) is 0 Å². The van der Waals surface area contributed by atoms with Gasteiger partial charge in [0.05, 0.1) is 7.11 Å². The third kappa shape index (κ3) is 4.44. The largest absolute Gasteiger partial charge is 0.494 e. The molecule has 0 amide bonds. The third-order valence-electron chi connectivity index (χ3n) is 3.68. The van der Waals surface area contributed by atoms with Crippen molar-refractivity contribution in [2.24, 2.45) is 0 Å². The number of nitrogens with one attached hydrogen (secondary N) is 1. The first-order chi connectivity index (χ1) is 9.69. The first-order valence-electron chi connectivity index (χ1n) is 7.13. The Bertz CT molecular complexity index is 422. The fourth-order valence-electron chi connectivity index (χ4n) is 2.45. The molecular formula is C15H24FN3O. The first-order valence-corrected chi connectivity index (χ1v) is 7.13. The van der Waals surface area contributed by atoms with E-state index in [1.165, 1.54) is 7.11 Å². The molecule has 1 aromatic carbocycles. The molecule has 1 aromatic rings. The summed E-state index contributed by atoms with van der Waals surface area (Å²) in [5.41, 5.74) is 0.978. The summed E-state index contributed by atoms with van der Waals surface area (Å²) in [6.45, 7) is 7.20. The van der Waals surface area contributed by atoms with Crippen LogP contribution in [-0.4, -0.2) is 63.2 Å². The van der Waals surface area contributed by atoms with Crippen molar-refractivity contribution in [3.8, 4) is 5.75 Å². The highest BCUT2D eigenvalue weighted by atomic mass is 19.1. The van der Waals surface area contributed by atoms with Gasteiger partial charge in [-0.1, -0.05) is 6.07 Å². The number of hydrogen-bond acceptors (Lipinski definition) is 4. The summed E-state index contributed by atoms with van der Waals surface area (Å²) in [7, 11) is 3.56. The fourth-order valence-corrected chi connectivity index (χ4v) is 2.45.